The number of rotatable bonds is 11. The lowest BCUT2D eigenvalue weighted by molar-refractivity contribution is -0.154. The van der Waals surface area contributed by atoms with Crippen LogP contribution in [0.1, 0.15) is 32.1 Å². The molecule has 11 nitrogen and oxygen atoms in total. The van der Waals surface area contributed by atoms with Gasteiger partial charge in [0.15, 0.2) is 16.8 Å². The number of hydrogen-bond acceptors (Lipinski definition) is 10. The molecular formula is C20H31FN6O5S. The Morgan fingerprint density at radius 3 is 2.85 bits per heavy atom. The second-order valence-electron chi connectivity index (χ2n) is 8.23. The van der Waals surface area contributed by atoms with Gasteiger partial charge in [0.2, 0.25) is 18.1 Å². The number of aliphatic hydroxyl groups excluding tert-OH is 1. The highest BCUT2D eigenvalue weighted by molar-refractivity contribution is 7.98. The molecule has 33 heavy (non-hydrogen) atoms. The van der Waals surface area contributed by atoms with Crippen LogP contribution in [0.4, 0.5) is 16.0 Å². The first-order chi connectivity index (χ1) is 16.0. The van der Waals surface area contributed by atoms with Crippen LogP contribution < -0.4 is 15.8 Å². The number of hydrazine groups is 1. The molecule has 1 saturated carbocycles. The number of aromatic nitrogens is 2. The highest BCUT2D eigenvalue weighted by atomic mass is 32.2. The number of carbonyl (C=O) groups excluding carboxylic acids is 2. The lowest BCUT2D eigenvalue weighted by Crippen LogP contribution is -2.48. The van der Waals surface area contributed by atoms with E-state index in [0.29, 0.717) is 30.6 Å². The number of nitrogens with one attached hydrogen (secondary N) is 2. The first-order valence-corrected chi connectivity index (χ1v) is 12.2. The van der Waals surface area contributed by atoms with Crippen molar-refractivity contribution in [1.29, 1.82) is 0 Å². The molecule has 0 unspecified atom stereocenters. The van der Waals surface area contributed by atoms with Gasteiger partial charge in [-0.15, -0.1) is 0 Å². The molecule has 4 N–H and O–H groups in total. The van der Waals surface area contributed by atoms with Gasteiger partial charge in [-0.05, 0) is 18.6 Å². The number of nitrogens with zero attached hydrogens (tertiary/aromatic N) is 4. The molecule has 2 aliphatic rings. The monoisotopic (exact) mass is 486 g/mol. The Hall–Kier alpha value is -2.22. The number of carbonyl (C=O) groups is 2. The van der Waals surface area contributed by atoms with E-state index in [4.69, 9.17) is 4.74 Å². The minimum Gasteiger partial charge on any atom is -0.394 e. The normalized spacial score (nSPS) is 19.9. The molecule has 0 bridgehead atoms. The lowest BCUT2D eigenvalue weighted by Gasteiger charge is -2.35. The molecule has 0 spiro atoms. The van der Waals surface area contributed by atoms with Crippen LogP contribution in [-0.4, -0.2) is 82.9 Å². The van der Waals surface area contributed by atoms with E-state index in [9.17, 15) is 19.9 Å². The van der Waals surface area contributed by atoms with E-state index in [1.807, 2.05) is 0 Å². The van der Waals surface area contributed by atoms with Crippen molar-refractivity contribution in [2.75, 3.05) is 49.5 Å². The van der Waals surface area contributed by atoms with Crippen molar-refractivity contribution in [3.63, 3.8) is 0 Å². The number of halogens is 1. The third kappa shape index (κ3) is 6.65. The highest BCUT2D eigenvalue weighted by Gasteiger charge is 2.30. The summed E-state index contributed by atoms with van der Waals surface area (Å²) in [5.41, 5.74) is 5.02. The van der Waals surface area contributed by atoms with Crippen molar-refractivity contribution in [3.8, 4) is 0 Å². The maximum absolute atomic E-state index is 15.3. The van der Waals surface area contributed by atoms with Crippen LogP contribution in [0.25, 0.3) is 0 Å². The van der Waals surface area contributed by atoms with Crippen molar-refractivity contribution in [2.45, 2.75) is 43.3 Å². The molecule has 2 heterocycles. The lowest BCUT2D eigenvalue weighted by atomic mass is 9.92. The largest absolute Gasteiger partial charge is 0.394 e. The van der Waals surface area contributed by atoms with Gasteiger partial charge in [0.05, 0.1) is 38.3 Å². The second kappa shape index (κ2) is 12.3. The van der Waals surface area contributed by atoms with Crippen LogP contribution in [0.2, 0.25) is 0 Å². The molecule has 1 aliphatic carbocycles. The van der Waals surface area contributed by atoms with Crippen LogP contribution in [-0.2, 0) is 14.3 Å². The zero-order chi connectivity index (χ0) is 23.8. The van der Waals surface area contributed by atoms with Crippen molar-refractivity contribution >= 4 is 35.7 Å². The van der Waals surface area contributed by atoms with Crippen LogP contribution in [0, 0.1) is 17.7 Å². The Morgan fingerprint density at radius 1 is 1.42 bits per heavy atom. The van der Waals surface area contributed by atoms with Gasteiger partial charge < -0.3 is 14.7 Å². The molecule has 1 aromatic heterocycles. The number of hydroxylamine groups is 2. The summed E-state index contributed by atoms with van der Waals surface area (Å²) in [7, 11) is 0. The smallest absolute Gasteiger partial charge is 0.243 e. The number of hydrogen-bond donors (Lipinski definition) is 4. The Balaban J connectivity index is 1.75. The SMILES string of the molecule is CSc1nc(NNC(=O)[C@@H](CC2CCCC2)CN(O)C=O)c(F)c(N2CCOC[C@@H]2CO)n1. The topological polar surface area (TPSA) is 140 Å². The van der Waals surface area contributed by atoms with Gasteiger partial charge in [-0.1, -0.05) is 37.4 Å². The fourth-order valence-corrected chi connectivity index (χ4v) is 4.63. The van der Waals surface area contributed by atoms with E-state index in [-0.39, 0.29) is 43.0 Å². The molecule has 184 valence electrons. The summed E-state index contributed by atoms with van der Waals surface area (Å²) in [5, 5.41) is 20.0. The maximum atomic E-state index is 15.3. The van der Waals surface area contributed by atoms with E-state index in [2.05, 4.69) is 20.8 Å². The zero-order valence-corrected chi connectivity index (χ0v) is 19.4. The van der Waals surface area contributed by atoms with E-state index in [0.717, 1.165) is 25.7 Å². The Labute approximate surface area is 196 Å². The van der Waals surface area contributed by atoms with E-state index >= 15 is 4.39 Å². The molecule has 2 atom stereocenters. The van der Waals surface area contributed by atoms with E-state index in [1.165, 1.54) is 11.8 Å². The molecule has 1 aromatic rings. The van der Waals surface area contributed by atoms with Crippen LogP contribution in [0.3, 0.4) is 0 Å². The van der Waals surface area contributed by atoms with Crippen LogP contribution in [0.15, 0.2) is 5.16 Å². The summed E-state index contributed by atoms with van der Waals surface area (Å²) in [6, 6.07) is -0.449. The van der Waals surface area contributed by atoms with E-state index < -0.39 is 23.7 Å². The van der Waals surface area contributed by atoms with Gasteiger partial charge in [-0.3, -0.25) is 25.6 Å². The molecule has 2 amide bonds. The van der Waals surface area contributed by atoms with Crippen molar-refractivity contribution in [3.05, 3.63) is 5.82 Å². The summed E-state index contributed by atoms with van der Waals surface area (Å²) < 4.78 is 20.7. The number of morpholine rings is 1. The first-order valence-electron chi connectivity index (χ1n) is 11.0. The van der Waals surface area contributed by atoms with E-state index in [1.54, 1.807) is 11.2 Å². The molecule has 1 saturated heterocycles. The average molecular weight is 487 g/mol. The Morgan fingerprint density at radius 2 is 2.18 bits per heavy atom. The predicted octanol–water partition coefficient (Wildman–Crippen LogP) is 1.02. The predicted molar refractivity (Wildman–Crippen MR) is 119 cm³/mol. The molecule has 3 rings (SSSR count). The number of amides is 2. The highest BCUT2D eigenvalue weighted by Crippen LogP contribution is 2.31. The van der Waals surface area contributed by atoms with Gasteiger partial charge >= 0.3 is 0 Å². The summed E-state index contributed by atoms with van der Waals surface area (Å²) in [6.45, 7) is 0.568. The minimum absolute atomic E-state index is 0.0124. The van der Waals surface area contributed by atoms with Gasteiger partial charge in [-0.2, -0.15) is 4.39 Å². The molecule has 1 aliphatic heterocycles. The number of ether oxygens (including phenoxy) is 1. The van der Waals surface area contributed by atoms with Gasteiger partial charge in [0.1, 0.15) is 0 Å². The number of thioether (sulfide) groups is 1. The van der Waals surface area contributed by atoms with Crippen LogP contribution in [0.5, 0.6) is 0 Å². The Kier molecular flexibility index (Phi) is 9.47. The molecule has 0 aromatic carbocycles. The van der Waals surface area contributed by atoms with Crippen molar-refractivity contribution in [2.24, 2.45) is 11.8 Å². The van der Waals surface area contributed by atoms with Crippen molar-refractivity contribution < 1.29 is 29.0 Å². The maximum Gasteiger partial charge on any atom is 0.243 e. The Bertz CT molecular complexity index is 815. The van der Waals surface area contributed by atoms with Crippen molar-refractivity contribution in [1.82, 2.24) is 20.5 Å². The molecule has 0 radical (unpaired) electrons. The minimum atomic E-state index is -0.766. The summed E-state index contributed by atoms with van der Waals surface area (Å²) in [4.78, 5) is 33.7. The first kappa shape index (κ1) is 25.4. The second-order valence-corrected chi connectivity index (χ2v) is 9.00. The van der Waals surface area contributed by atoms with Crippen LogP contribution >= 0.6 is 11.8 Å². The quantitative estimate of drug-likeness (QED) is 0.118. The molecule has 13 heteroatoms. The summed E-state index contributed by atoms with van der Waals surface area (Å²) in [5.74, 6) is -1.78. The van der Waals surface area contributed by atoms with Gasteiger partial charge in [-0.25, -0.2) is 15.0 Å². The fraction of sp³-hybridized carbons (Fsp3) is 0.700. The fourth-order valence-electron chi connectivity index (χ4n) is 4.27. The molecule has 2 fully saturated rings. The zero-order valence-electron chi connectivity index (χ0n) is 18.6. The standard InChI is InChI=1S/C20H31FN6O5S/c1-33-20-22-17(16(21)18(23-20)27-6-7-32-11-15(27)10-28)24-25-19(30)14(9-26(31)12-29)8-13-4-2-3-5-13/h12-15,28,31H,2-11H2,1H3,(H,25,30)(H,22,23,24)/t14-,15-/m0/s1. The summed E-state index contributed by atoms with van der Waals surface area (Å²) >= 11 is 1.21. The van der Waals surface area contributed by atoms with Gasteiger partial charge in [0.25, 0.3) is 0 Å². The number of aliphatic hydroxyl groups is 1. The number of anilines is 2. The third-order valence-corrected chi connectivity index (χ3v) is 6.55. The summed E-state index contributed by atoms with van der Waals surface area (Å²) in [6.07, 6.45) is 6.69. The molecular weight excluding hydrogens is 455 g/mol. The third-order valence-electron chi connectivity index (χ3n) is 6.00. The van der Waals surface area contributed by atoms with Gasteiger partial charge in [0, 0.05) is 6.54 Å². The average Bonchev–Trinajstić information content (AvgIpc) is 3.35.